The van der Waals surface area contributed by atoms with E-state index in [0.717, 1.165) is 23.0 Å². The highest BCUT2D eigenvalue weighted by atomic mass is 79.9. The lowest BCUT2D eigenvalue weighted by molar-refractivity contribution is 0.507. The van der Waals surface area contributed by atoms with Crippen molar-refractivity contribution in [1.82, 2.24) is 10.3 Å². The van der Waals surface area contributed by atoms with E-state index in [0.29, 0.717) is 5.56 Å². The summed E-state index contributed by atoms with van der Waals surface area (Å²) in [5.41, 5.74) is 1.82. The van der Waals surface area contributed by atoms with E-state index in [4.69, 9.17) is 0 Å². The number of benzene rings is 1. The molecule has 1 aromatic heterocycles. The molecule has 1 heterocycles. The highest BCUT2D eigenvalue weighted by molar-refractivity contribution is 9.10. The molecule has 0 amide bonds. The van der Waals surface area contributed by atoms with Crippen LogP contribution in [0.25, 0.3) is 0 Å². The van der Waals surface area contributed by atoms with E-state index in [1.807, 2.05) is 31.2 Å². The Morgan fingerprint density at radius 3 is 2.79 bits per heavy atom. The predicted octanol–water partition coefficient (Wildman–Crippen LogP) is 3.88. The molecule has 100 valence electrons. The Bertz CT molecular complexity index is 545. The van der Waals surface area contributed by atoms with E-state index in [1.54, 1.807) is 12.3 Å². The maximum atomic E-state index is 13.9. The van der Waals surface area contributed by atoms with Gasteiger partial charge in [-0.1, -0.05) is 41.1 Å². The highest BCUT2D eigenvalue weighted by Gasteiger charge is 2.16. The van der Waals surface area contributed by atoms with Crippen LogP contribution < -0.4 is 5.32 Å². The van der Waals surface area contributed by atoms with Crippen molar-refractivity contribution >= 4 is 15.9 Å². The first-order chi connectivity index (χ1) is 9.22. The molecule has 0 fully saturated rings. The second-order valence-electron chi connectivity index (χ2n) is 4.30. The monoisotopic (exact) mass is 322 g/mol. The second-order valence-corrected chi connectivity index (χ2v) is 5.16. The first-order valence-corrected chi connectivity index (χ1v) is 7.08. The lowest BCUT2D eigenvalue weighted by Gasteiger charge is -2.19. The number of hydrogen-bond donors (Lipinski definition) is 1. The fraction of sp³-hybridized carbons (Fsp3) is 0.267. The Kier molecular flexibility index (Phi) is 5.05. The molecule has 19 heavy (non-hydrogen) atoms. The van der Waals surface area contributed by atoms with Gasteiger partial charge in [-0.2, -0.15) is 0 Å². The minimum atomic E-state index is -0.263. The third kappa shape index (κ3) is 3.61. The molecule has 1 aromatic carbocycles. The Labute approximate surface area is 121 Å². The lowest BCUT2D eigenvalue weighted by Crippen LogP contribution is -2.24. The van der Waals surface area contributed by atoms with Crippen LogP contribution in [0.1, 0.15) is 24.1 Å². The third-order valence-electron chi connectivity index (χ3n) is 3.01. The Hall–Kier alpha value is -1.26. The van der Waals surface area contributed by atoms with Crippen LogP contribution >= 0.6 is 15.9 Å². The molecule has 2 nitrogen and oxygen atoms in total. The largest absolute Gasteiger partial charge is 0.310 e. The van der Waals surface area contributed by atoms with Gasteiger partial charge in [0.2, 0.25) is 0 Å². The van der Waals surface area contributed by atoms with Gasteiger partial charge in [0.15, 0.2) is 0 Å². The van der Waals surface area contributed by atoms with Crippen molar-refractivity contribution in [2.45, 2.75) is 19.4 Å². The standard InChI is InChI=1S/C15H16BrFN2/c1-2-19-15(12-7-8-18-10-14(12)17)9-11-5-3-4-6-13(11)16/h3-8,10,15,19H,2,9H2,1H3. The normalized spacial score (nSPS) is 12.4. The Morgan fingerprint density at radius 1 is 1.32 bits per heavy atom. The van der Waals surface area contributed by atoms with E-state index < -0.39 is 0 Å². The fourth-order valence-corrected chi connectivity index (χ4v) is 2.54. The zero-order valence-corrected chi connectivity index (χ0v) is 12.3. The van der Waals surface area contributed by atoms with Gasteiger partial charge in [0.05, 0.1) is 6.20 Å². The molecule has 2 rings (SSSR count). The molecular weight excluding hydrogens is 307 g/mol. The summed E-state index contributed by atoms with van der Waals surface area (Å²) in [7, 11) is 0. The molecule has 0 bridgehead atoms. The zero-order chi connectivity index (χ0) is 13.7. The summed E-state index contributed by atoms with van der Waals surface area (Å²) in [4.78, 5) is 3.80. The molecule has 0 saturated heterocycles. The highest BCUT2D eigenvalue weighted by Crippen LogP contribution is 2.24. The number of pyridine rings is 1. The molecule has 0 spiro atoms. The number of hydrogen-bond acceptors (Lipinski definition) is 2. The molecule has 0 saturated carbocycles. The molecule has 1 N–H and O–H groups in total. The van der Waals surface area contributed by atoms with Crippen molar-refractivity contribution in [2.75, 3.05) is 6.54 Å². The summed E-state index contributed by atoms with van der Waals surface area (Å²) >= 11 is 3.53. The first-order valence-electron chi connectivity index (χ1n) is 6.28. The lowest BCUT2D eigenvalue weighted by atomic mass is 9.99. The van der Waals surface area contributed by atoms with Gasteiger partial charge in [-0.05, 0) is 30.7 Å². The number of nitrogens with one attached hydrogen (secondary N) is 1. The number of nitrogens with zero attached hydrogens (tertiary/aromatic N) is 1. The van der Waals surface area contributed by atoms with Crippen LogP contribution in [0.5, 0.6) is 0 Å². The minimum absolute atomic E-state index is 0.0494. The van der Waals surface area contributed by atoms with E-state index in [2.05, 4.69) is 26.2 Å². The zero-order valence-electron chi connectivity index (χ0n) is 10.7. The van der Waals surface area contributed by atoms with Gasteiger partial charge in [0.1, 0.15) is 5.82 Å². The summed E-state index contributed by atoms with van der Waals surface area (Å²) in [6.45, 7) is 2.81. The third-order valence-corrected chi connectivity index (χ3v) is 3.79. The van der Waals surface area contributed by atoms with Gasteiger partial charge in [-0.15, -0.1) is 0 Å². The fourth-order valence-electron chi connectivity index (χ4n) is 2.09. The Balaban J connectivity index is 2.27. The molecule has 0 aliphatic heterocycles. The average Bonchev–Trinajstić information content (AvgIpc) is 2.41. The topological polar surface area (TPSA) is 24.9 Å². The van der Waals surface area contributed by atoms with Crippen molar-refractivity contribution in [2.24, 2.45) is 0 Å². The smallest absolute Gasteiger partial charge is 0.146 e. The summed E-state index contributed by atoms with van der Waals surface area (Å²) in [5, 5.41) is 3.33. The summed E-state index contributed by atoms with van der Waals surface area (Å²) < 4.78 is 14.9. The van der Waals surface area contributed by atoms with Crippen LogP contribution in [0.2, 0.25) is 0 Å². The van der Waals surface area contributed by atoms with Gasteiger partial charge in [-0.25, -0.2) is 4.39 Å². The van der Waals surface area contributed by atoms with E-state index in [9.17, 15) is 4.39 Å². The SMILES string of the molecule is CCNC(Cc1ccccc1Br)c1ccncc1F. The minimum Gasteiger partial charge on any atom is -0.310 e. The predicted molar refractivity (Wildman–Crippen MR) is 78.5 cm³/mol. The van der Waals surface area contributed by atoms with Crippen LogP contribution in [0.15, 0.2) is 47.2 Å². The molecule has 1 unspecified atom stereocenters. The number of rotatable bonds is 5. The molecule has 0 aliphatic rings. The van der Waals surface area contributed by atoms with E-state index in [-0.39, 0.29) is 11.9 Å². The van der Waals surface area contributed by atoms with Gasteiger partial charge in [0, 0.05) is 22.3 Å². The first kappa shape index (κ1) is 14.2. The maximum absolute atomic E-state index is 13.9. The second kappa shape index (κ2) is 6.78. The molecule has 1 atom stereocenters. The molecule has 2 aromatic rings. The van der Waals surface area contributed by atoms with E-state index in [1.165, 1.54) is 6.20 Å². The summed E-state index contributed by atoms with van der Waals surface area (Å²) in [6, 6.07) is 9.70. The number of aromatic nitrogens is 1. The molecule has 0 radical (unpaired) electrons. The van der Waals surface area contributed by atoms with Crippen LogP contribution in [0, 0.1) is 5.82 Å². The molecular formula is C15H16BrFN2. The van der Waals surface area contributed by atoms with Crippen molar-refractivity contribution in [3.05, 3.63) is 64.1 Å². The van der Waals surface area contributed by atoms with Crippen LogP contribution in [0.4, 0.5) is 4.39 Å². The van der Waals surface area contributed by atoms with E-state index >= 15 is 0 Å². The average molecular weight is 323 g/mol. The Morgan fingerprint density at radius 2 is 2.11 bits per heavy atom. The number of halogens is 2. The summed E-state index contributed by atoms with van der Waals surface area (Å²) in [6.07, 6.45) is 3.62. The number of likely N-dealkylation sites (N-methyl/N-ethyl adjacent to an activating group) is 1. The quantitative estimate of drug-likeness (QED) is 0.903. The molecule has 4 heteroatoms. The van der Waals surface area contributed by atoms with Crippen molar-refractivity contribution in [3.63, 3.8) is 0 Å². The van der Waals surface area contributed by atoms with Gasteiger partial charge >= 0.3 is 0 Å². The van der Waals surface area contributed by atoms with Crippen molar-refractivity contribution in [3.8, 4) is 0 Å². The van der Waals surface area contributed by atoms with Crippen LogP contribution in [-0.4, -0.2) is 11.5 Å². The van der Waals surface area contributed by atoms with Crippen LogP contribution in [-0.2, 0) is 6.42 Å². The van der Waals surface area contributed by atoms with Crippen LogP contribution in [0.3, 0.4) is 0 Å². The van der Waals surface area contributed by atoms with Gasteiger partial charge in [-0.3, -0.25) is 4.98 Å². The van der Waals surface area contributed by atoms with Gasteiger partial charge in [0.25, 0.3) is 0 Å². The maximum Gasteiger partial charge on any atom is 0.146 e. The van der Waals surface area contributed by atoms with Crippen molar-refractivity contribution < 1.29 is 4.39 Å². The summed E-state index contributed by atoms with van der Waals surface area (Å²) in [5.74, 6) is -0.263. The molecule has 0 aliphatic carbocycles. The van der Waals surface area contributed by atoms with Gasteiger partial charge < -0.3 is 5.32 Å². The van der Waals surface area contributed by atoms with Crippen molar-refractivity contribution in [1.29, 1.82) is 0 Å².